The molecule has 0 spiro atoms. The van der Waals surface area contributed by atoms with E-state index in [-0.39, 0.29) is 11.9 Å². The zero-order valence-electron chi connectivity index (χ0n) is 14.0. The van der Waals surface area contributed by atoms with Crippen molar-refractivity contribution in [1.29, 1.82) is 0 Å². The van der Waals surface area contributed by atoms with Crippen LogP contribution in [0.2, 0.25) is 0 Å². The van der Waals surface area contributed by atoms with Crippen molar-refractivity contribution in [3.8, 4) is 0 Å². The highest BCUT2D eigenvalue weighted by atomic mass is 32.2. The number of benzene rings is 1. The molecule has 0 aromatic heterocycles. The van der Waals surface area contributed by atoms with E-state index >= 15 is 0 Å². The second-order valence-electron chi connectivity index (χ2n) is 6.13. The monoisotopic (exact) mass is 326 g/mol. The molecule has 1 aromatic carbocycles. The number of carbonyl (C=O) groups is 1. The lowest BCUT2D eigenvalue weighted by Gasteiger charge is -2.24. The van der Waals surface area contributed by atoms with Gasteiger partial charge in [-0.3, -0.25) is 9.69 Å². The summed E-state index contributed by atoms with van der Waals surface area (Å²) in [5.41, 5.74) is 0.978. The maximum absolute atomic E-state index is 11.8. The van der Waals surface area contributed by atoms with Crippen molar-refractivity contribution in [3.63, 3.8) is 0 Å². The van der Waals surface area contributed by atoms with Crippen molar-refractivity contribution in [2.45, 2.75) is 31.7 Å². The van der Waals surface area contributed by atoms with Crippen LogP contribution in [0.25, 0.3) is 0 Å². The lowest BCUT2D eigenvalue weighted by atomic mass is 10.1. The third kappa shape index (κ3) is 5.77. The second kappa shape index (κ2) is 7.74. The highest BCUT2D eigenvalue weighted by molar-refractivity contribution is 7.90. The smallest absolute Gasteiger partial charge is 0.234 e. The first kappa shape index (κ1) is 18.6. The number of nitrogens with one attached hydrogen (secondary N) is 1. The Bertz CT molecular complexity index is 594. The third-order valence-electron chi connectivity index (χ3n) is 3.55. The van der Waals surface area contributed by atoms with Crippen LogP contribution < -0.4 is 5.32 Å². The molecule has 0 saturated carbocycles. The molecule has 1 amide bonds. The van der Waals surface area contributed by atoms with E-state index in [0.717, 1.165) is 5.56 Å². The number of amides is 1. The van der Waals surface area contributed by atoms with Gasteiger partial charge in [0.15, 0.2) is 9.84 Å². The normalized spacial score (nSPS) is 13.4. The first-order valence-electron chi connectivity index (χ1n) is 7.38. The van der Waals surface area contributed by atoms with Crippen LogP contribution in [0.1, 0.15) is 32.4 Å². The standard InChI is InChI=1S/C16H26N2O3S/c1-12(2)10-17-16(19)11-18(4)13(3)14-6-8-15(9-7-14)22(5,20)21/h6-9,12-13H,10-11H2,1-5H3,(H,17,19). The van der Waals surface area contributed by atoms with Crippen LogP contribution >= 0.6 is 0 Å². The highest BCUT2D eigenvalue weighted by Crippen LogP contribution is 2.20. The Kier molecular flexibility index (Phi) is 6.56. The van der Waals surface area contributed by atoms with Crippen LogP contribution in [0.15, 0.2) is 29.2 Å². The first-order chi connectivity index (χ1) is 10.1. The molecule has 22 heavy (non-hydrogen) atoms. The summed E-state index contributed by atoms with van der Waals surface area (Å²) in [6, 6.07) is 6.83. The third-order valence-corrected chi connectivity index (χ3v) is 4.68. The Balaban J connectivity index is 2.66. The molecule has 124 valence electrons. The maximum atomic E-state index is 11.8. The molecule has 0 radical (unpaired) electrons. The summed E-state index contributed by atoms with van der Waals surface area (Å²) in [6.07, 6.45) is 1.19. The van der Waals surface area contributed by atoms with E-state index < -0.39 is 9.84 Å². The summed E-state index contributed by atoms with van der Waals surface area (Å²) in [5.74, 6) is 0.422. The van der Waals surface area contributed by atoms with Crippen LogP contribution in [-0.4, -0.2) is 45.6 Å². The summed E-state index contributed by atoms with van der Waals surface area (Å²) < 4.78 is 22.9. The summed E-state index contributed by atoms with van der Waals surface area (Å²) in [7, 11) is -1.30. The average molecular weight is 326 g/mol. The van der Waals surface area contributed by atoms with Crippen LogP contribution in [-0.2, 0) is 14.6 Å². The van der Waals surface area contributed by atoms with E-state index in [1.165, 1.54) is 6.26 Å². The topological polar surface area (TPSA) is 66.5 Å². The molecule has 1 N–H and O–H groups in total. The zero-order valence-corrected chi connectivity index (χ0v) is 14.8. The van der Waals surface area contributed by atoms with E-state index in [1.807, 2.05) is 18.9 Å². The molecule has 0 bridgehead atoms. The van der Waals surface area contributed by atoms with E-state index in [9.17, 15) is 13.2 Å². The quantitative estimate of drug-likeness (QED) is 0.830. The molecule has 1 unspecified atom stereocenters. The van der Waals surface area contributed by atoms with Crippen molar-refractivity contribution >= 4 is 15.7 Å². The number of sulfone groups is 1. The largest absolute Gasteiger partial charge is 0.355 e. The lowest BCUT2D eigenvalue weighted by molar-refractivity contribution is -0.122. The predicted octanol–water partition coefficient (Wildman–Crippen LogP) is 1.86. The minimum atomic E-state index is -3.18. The molecule has 1 aromatic rings. The number of nitrogens with zero attached hydrogens (tertiary/aromatic N) is 1. The summed E-state index contributed by atoms with van der Waals surface area (Å²) in [5, 5.41) is 2.89. The molecule has 0 aliphatic carbocycles. The molecular weight excluding hydrogens is 300 g/mol. The molecule has 5 nitrogen and oxygen atoms in total. The second-order valence-corrected chi connectivity index (χ2v) is 8.15. The number of hydrogen-bond acceptors (Lipinski definition) is 4. The summed E-state index contributed by atoms with van der Waals surface area (Å²) in [6.45, 7) is 7.07. The van der Waals surface area contributed by atoms with Crippen LogP contribution in [0, 0.1) is 5.92 Å². The Morgan fingerprint density at radius 2 is 1.73 bits per heavy atom. The van der Waals surface area contributed by atoms with Gasteiger partial charge in [-0.25, -0.2) is 8.42 Å². The summed E-state index contributed by atoms with van der Waals surface area (Å²) >= 11 is 0. The van der Waals surface area contributed by atoms with Gasteiger partial charge in [-0.2, -0.15) is 0 Å². The molecule has 6 heteroatoms. The van der Waals surface area contributed by atoms with Crippen molar-refractivity contribution in [2.75, 3.05) is 26.4 Å². The Labute approximate surface area is 133 Å². The van der Waals surface area contributed by atoms with Gasteiger partial charge in [0.05, 0.1) is 11.4 Å². The zero-order chi connectivity index (χ0) is 16.9. The van der Waals surface area contributed by atoms with E-state index in [2.05, 4.69) is 19.2 Å². The molecule has 0 aliphatic rings. The Hall–Kier alpha value is -1.40. The van der Waals surface area contributed by atoms with E-state index in [0.29, 0.717) is 23.9 Å². The molecule has 1 rings (SSSR count). The minimum Gasteiger partial charge on any atom is -0.355 e. The van der Waals surface area contributed by atoms with E-state index in [1.54, 1.807) is 24.3 Å². The van der Waals surface area contributed by atoms with Gasteiger partial charge < -0.3 is 5.32 Å². The fraction of sp³-hybridized carbons (Fsp3) is 0.562. The van der Waals surface area contributed by atoms with Gasteiger partial charge in [0, 0.05) is 18.8 Å². The molecule has 0 heterocycles. The van der Waals surface area contributed by atoms with Gasteiger partial charge in [0.1, 0.15) is 0 Å². The Morgan fingerprint density at radius 1 is 1.18 bits per heavy atom. The van der Waals surface area contributed by atoms with Gasteiger partial charge in [0.2, 0.25) is 5.91 Å². The van der Waals surface area contributed by atoms with Crippen molar-refractivity contribution in [1.82, 2.24) is 10.2 Å². The summed E-state index contributed by atoms with van der Waals surface area (Å²) in [4.78, 5) is 14.1. The van der Waals surface area contributed by atoms with Gasteiger partial charge >= 0.3 is 0 Å². The SMILES string of the molecule is CC(C)CNC(=O)CN(C)C(C)c1ccc(S(C)(=O)=O)cc1. The van der Waals surface area contributed by atoms with Gasteiger partial charge in [-0.05, 0) is 37.6 Å². The Morgan fingerprint density at radius 3 is 2.18 bits per heavy atom. The molecule has 1 atom stereocenters. The first-order valence-corrected chi connectivity index (χ1v) is 9.27. The number of likely N-dealkylation sites (N-methyl/N-ethyl adjacent to an activating group) is 1. The maximum Gasteiger partial charge on any atom is 0.234 e. The van der Waals surface area contributed by atoms with Crippen molar-refractivity contribution in [2.24, 2.45) is 5.92 Å². The predicted molar refractivity (Wildman–Crippen MR) is 88.4 cm³/mol. The highest BCUT2D eigenvalue weighted by Gasteiger charge is 2.16. The van der Waals surface area contributed by atoms with Crippen LogP contribution in [0.5, 0.6) is 0 Å². The number of hydrogen-bond donors (Lipinski definition) is 1. The van der Waals surface area contributed by atoms with Crippen molar-refractivity contribution in [3.05, 3.63) is 29.8 Å². The van der Waals surface area contributed by atoms with Gasteiger partial charge in [-0.1, -0.05) is 26.0 Å². The average Bonchev–Trinajstić information content (AvgIpc) is 2.43. The van der Waals surface area contributed by atoms with Crippen LogP contribution in [0.3, 0.4) is 0 Å². The fourth-order valence-electron chi connectivity index (χ4n) is 1.99. The molecule has 0 fully saturated rings. The molecular formula is C16H26N2O3S. The van der Waals surface area contributed by atoms with Crippen molar-refractivity contribution < 1.29 is 13.2 Å². The van der Waals surface area contributed by atoms with Crippen LogP contribution in [0.4, 0.5) is 0 Å². The van der Waals surface area contributed by atoms with E-state index in [4.69, 9.17) is 0 Å². The molecule has 0 saturated heterocycles. The van der Waals surface area contributed by atoms with Gasteiger partial charge in [0.25, 0.3) is 0 Å². The fourth-order valence-corrected chi connectivity index (χ4v) is 2.62. The van der Waals surface area contributed by atoms with Gasteiger partial charge in [-0.15, -0.1) is 0 Å². The minimum absolute atomic E-state index is 0.00388. The molecule has 0 aliphatic heterocycles. The lowest BCUT2D eigenvalue weighted by Crippen LogP contribution is -2.37. The number of carbonyl (C=O) groups excluding carboxylic acids is 1. The number of rotatable bonds is 7.